The van der Waals surface area contributed by atoms with Crippen LogP contribution in [0.25, 0.3) is 0 Å². The van der Waals surface area contributed by atoms with Gasteiger partial charge in [0.1, 0.15) is 11.5 Å². The minimum Gasteiger partial charge on any atom is -0.361 e. The quantitative estimate of drug-likeness (QED) is 0.864. The Morgan fingerprint density at radius 3 is 2.95 bits per heavy atom. The van der Waals surface area contributed by atoms with Gasteiger partial charge in [-0.15, -0.1) is 0 Å². The second-order valence-corrected chi connectivity index (χ2v) is 6.78. The van der Waals surface area contributed by atoms with E-state index in [-0.39, 0.29) is 17.7 Å². The molecule has 6 nitrogen and oxygen atoms in total. The summed E-state index contributed by atoms with van der Waals surface area (Å²) in [4.78, 5) is 25.9. The molecule has 1 aromatic heterocycles. The van der Waals surface area contributed by atoms with Crippen molar-refractivity contribution in [3.05, 3.63) is 17.5 Å². The summed E-state index contributed by atoms with van der Waals surface area (Å²) in [6, 6.07) is 2.27. The Labute approximate surface area is 130 Å². The van der Waals surface area contributed by atoms with E-state index in [1.54, 1.807) is 0 Å². The smallest absolute Gasteiger partial charge is 0.225 e. The van der Waals surface area contributed by atoms with Crippen LogP contribution in [0.1, 0.15) is 44.6 Å². The molecule has 0 aromatic carbocycles. The second kappa shape index (κ2) is 6.10. The van der Waals surface area contributed by atoms with Gasteiger partial charge in [-0.1, -0.05) is 19.0 Å². The Kier molecular flexibility index (Phi) is 4.18. The highest BCUT2D eigenvalue weighted by Gasteiger charge is 2.41. The molecule has 1 unspecified atom stereocenters. The van der Waals surface area contributed by atoms with Gasteiger partial charge in [0.15, 0.2) is 0 Å². The second-order valence-electron chi connectivity index (χ2n) is 6.78. The summed E-state index contributed by atoms with van der Waals surface area (Å²) in [5.74, 6) is 1.17. The molecule has 0 radical (unpaired) electrons. The van der Waals surface area contributed by atoms with Gasteiger partial charge >= 0.3 is 0 Å². The van der Waals surface area contributed by atoms with Crippen LogP contribution in [0, 0.1) is 11.8 Å². The standard InChI is InChI=1S/C16H23N3O3/c1-10(2)5-14-7-12(18-22-14)8-17-16(21)11-6-15(20)19(9-11)13-3-4-13/h7,10-11,13H,3-6,8-9H2,1-2H3,(H,17,21). The zero-order valence-electron chi connectivity index (χ0n) is 13.2. The van der Waals surface area contributed by atoms with Crippen molar-refractivity contribution in [1.29, 1.82) is 0 Å². The van der Waals surface area contributed by atoms with Crippen LogP contribution < -0.4 is 5.32 Å². The summed E-state index contributed by atoms with van der Waals surface area (Å²) in [6.45, 7) is 5.15. The number of aromatic nitrogens is 1. The number of nitrogens with zero attached hydrogens (tertiary/aromatic N) is 2. The lowest BCUT2D eigenvalue weighted by molar-refractivity contribution is -0.129. The van der Waals surface area contributed by atoms with Crippen molar-refractivity contribution in [3.8, 4) is 0 Å². The lowest BCUT2D eigenvalue weighted by Crippen LogP contribution is -2.33. The van der Waals surface area contributed by atoms with Crippen LogP contribution >= 0.6 is 0 Å². The van der Waals surface area contributed by atoms with Gasteiger partial charge in [0, 0.05) is 31.5 Å². The zero-order chi connectivity index (χ0) is 15.7. The number of nitrogens with one attached hydrogen (secondary N) is 1. The minimum atomic E-state index is -0.227. The normalized spacial score (nSPS) is 21.7. The fraction of sp³-hybridized carbons (Fsp3) is 0.688. The molecule has 2 aliphatic rings. The molecule has 22 heavy (non-hydrogen) atoms. The highest BCUT2D eigenvalue weighted by atomic mass is 16.5. The van der Waals surface area contributed by atoms with Gasteiger partial charge in [-0.3, -0.25) is 9.59 Å². The molecule has 1 atom stereocenters. The predicted molar refractivity (Wildman–Crippen MR) is 79.7 cm³/mol. The van der Waals surface area contributed by atoms with Crippen molar-refractivity contribution in [2.24, 2.45) is 11.8 Å². The molecule has 1 saturated carbocycles. The lowest BCUT2D eigenvalue weighted by Gasteiger charge is -2.15. The van der Waals surface area contributed by atoms with Crippen LogP contribution in [0.15, 0.2) is 10.6 Å². The van der Waals surface area contributed by atoms with Gasteiger partial charge in [0.25, 0.3) is 0 Å². The molecule has 0 bridgehead atoms. The summed E-state index contributed by atoms with van der Waals surface area (Å²) < 4.78 is 5.24. The van der Waals surface area contributed by atoms with Gasteiger partial charge in [-0.2, -0.15) is 0 Å². The topological polar surface area (TPSA) is 75.4 Å². The van der Waals surface area contributed by atoms with E-state index in [0.29, 0.717) is 31.5 Å². The van der Waals surface area contributed by atoms with Gasteiger partial charge in [-0.25, -0.2) is 0 Å². The molecule has 1 N–H and O–H groups in total. The maximum absolute atomic E-state index is 12.2. The molecule has 2 fully saturated rings. The van der Waals surface area contributed by atoms with Crippen molar-refractivity contribution in [1.82, 2.24) is 15.4 Å². The fourth-order valence-corrected chi connectivity index (χ4v) is 2.91. The number of amides is 2. The monoisotopic (exact) mass is 305 g/mol. The first-order chi connectivity index (χ1) is 10.5. The largest absolute Gasteiger partial charge is 0.361 e. The average Bonchev–Trinajstić information content (AvgIpc) is 3.09. The Hall–Kier alpha value is -1.85. The molecule has 2 amide bonds. The number of likely N-dealkylation sites (tertiary alicyclic amines) is 1. The van der Waals surface area contributed by atoms with Crippen molar-refractivity contribution in [3.63, 3.8) is 0 Å². The van der Waals surface area contributed by atoms with E-state index in [1.165, 1.54) is 0 Å². The first-order valence-electron chi connectivity index (χ1n) is 8.04. The number of hydrogen-bond acceptors (Lipinski definition) is 4. The summed E-state index contributed by atoms with van der Waals surface area (Å²) in [6.07, 6.45) is 3.34. The Morgan fingerprint density at radius 1 is 1.50 bits per heavy atom. The van der Waals surface area contributed by atoms with Crippen molar-refractivity contribution >= 4 is 11.8 Å². The molecular formula is C16H23N3O3. The average molecular weight is 305 g/mol. The van der Waals surface area contributed by atoms with Crippen molar-refractivity contribution in [2.45, 2.75) is 52.1 Å². The van der Waals surface area contributed by atoms with Crippen LogP contribution in [0.3, 0.4) is 0 Å². The van der Waals surface area contributed by atoms with E-state index in [9.17, 15) is 9.59 Å². The zero-order valence-corrected chi connectivity index (χ0v) is 13.2. The highest BCUT2D eigenvalue weighted by molar-refractivity contribution is 5.89. The number of carbonyl (C=O) groups excluding carboxylic acids is 2. The fourth-order valence-electron chi connectivity index (χ4n) is 2.91. The Balaban J connectivity index is 1.48. The first kappa shape index (κ1) is 15.1. The molecule has 3 rings (SSSR count). The van der Waals surface area contributed by atoms with E-state index in [0.717, 1.165) is 30.7 Å². The van der Waals surface area contributed by atoms with Crippen LogP contribution in [0.2, 0.25) is 0 Å². The number of rotatable bonds is 6. The molecule has 1 aliphatic heterocycles. The number of carbonyl (C=O) groups is 2. The summed E-state index contributed by atoms with van der Waals surface area (Å²) >= 11 is 0. The predicted octanol–water partition coefficient (Wildman–Crippen LogP) is 1.50. The summed E-state index contributed by atoms with van der Waals surface area (Å²) in [5.41, 5.74) is 0.729. The van der Waals surface area contributed by atoms with E-state index in [2.05, 4.69) is 24.3 Å². The molecular weight excluding hydrogens is 282 g/mol. The van der Waals surface area contributed by atoms with Crippen molar-refractivity contribution < 1.29 is 14.1 Å². The molecule has 1 aliphatic carbocycles. The summed E-state index contributed by atoms with van der Waals surface area (Å²) in [5, 5.41) is 6.84. The minimum absolute atomic E-state index is 0.0649. The van der Waals surface area contributed by atoms with Crippen molar-refractivity contribution in [2.75, 3.05) is 6.54 Å². The molecule has 1 saturated heterocycles. The van der Waals surface area contributed by atoms with Gasteiger partial charge in [0.2, 0.25) is 11.8 Å². The molecule has 2 heterocycles. The number of hydrogen-bond donors (Lipinski definition) is 1. The first-order valence-corrected chi connectivity index (χ1v) is 8.04. The van der Waals surface area contributed by atoms with E-state index in [1.807, 2.05) is 11.0 Å². The molecule has 6 heteroatoms. The van der Waals surface area contributed by atoms with Gasteiger partial charge in [0.05, 0.1) is 12.5 Å². The third-order valence-electron chi connectivity index (χ3n) is 4.18. The third-order valence-corrected chi connectivity index (χ3v) is 4.18. The molecule has 1 aromatic rings. The maximum atomic E-state index is 12.2. The van der Waals surface area contributed by atoms with Crippen LogP contribution in [0.5, 0.6) is 0 Å². The highest BCUT2D eigenvalue weighted by Crippen LogP contribution is 2.32. The Morgan fingerprint density at radius 2 is 2.27 bits per heavy atom. The molecule has 120 valence electrons. The maximum Gasteiger partial charge on any atom is 0.225 e. The van der Waals surface area contributed by atoms with Crippen LogP contribution in [-0.2, 0) is 22.6 Å². The van der Waals surface area contributed by atoms with E-state index >= 15 is 0 Å². The SMILES string of the molecule is CC(C)Cc1cc(CNC(=O)C2CC(=O)N(C3CC3)C2)no1. The Bertz CT molecular complexity index is 563. The van der Waals surface area contributed by atoms with Gasteiger partial charge in [-0.05, 0) is 18.8 Å². The van der Waals surface area contributed by atoms with E-state index < -0.39 is 0 Å². The lowest BCUT2D eigenvalue weighted by atomic mass is 10.1. The molecule has 0 spiro atoms. The summed E-state index contributed by atoms with van der Waals surface area (Å²) in [7, 11) is 0. The van der Waals surface area contributed by atoms with Gasteiger partial charge < -0.3 is 14.7 Å². The van der Waals surface area contributed by atoms with Crippen LogP contribution in [0.4, 0.5) is 0 Å². The third kappa shape index (κ3) is 3.48. The van der Waals surface area contributed by atoms with E-state index in [4.69, 9.17) is 4.52 Å². The van der Waals surface area contributed by atoms with Crippen LogP contribution in [-0.4, -0.2) is 34.5 Å².